The highest BCUT2D eigenvalue weighted by molar-refractivity contribution is 8.46. The van der Waals surface area contributed by atoms with Crippen molar-refractivity contribution in [1.29, 1.82) is 0 Å². The number of nitrogens with zero attached hydrogens (tertiary/aromatic N) is 2. The van der Waals surface area contributed by atoms with Crippen LogP contribution in [0.25, 0.3) is 0 Å². The third-order valence-electron chi connectivity index (χ3n) is 5.61. The molecule has 3 atom stereocenters. The SMILES string of the molecule is CN(Cc1ccccc1)C(=O)S1(CO)[C@@H]2CC(=O)N2[C@@H](C(=O)O)C1(C)C. The van der Waals surface area contributed by atoms with Crippen molar-refractivity contribution in [2.24, 2.45) is 0 Å². The molecule has 0 bridgehead atoms. The molecular formula is C18H24N2O5S. The van der Waals surface area contributed by atoms with Gasteiger partial charge in [0.1, 0.15) is 6.04 Å². The number of fused-ring (bicyclic) bond motifs is 1. The normalized spacial score (nSPS) is 31.5. The number of hydrogen-bond acceptors (Lipinski definition) is 4. The van der Waals surface area contributed by atoms with E-state index in [1.807, 2.05) is 30.3 Å². The summed E-state index contributed by atoms with van der Waals surface area (Å²) in [6.45, 7) is 3.75. The predicted octanol–water partition coefficient (Wildman–Crippen LogP) is 1.80. The molecule has 2 heterocycles. The molecule has 2 saturated heterocycles. The minimum Gasteiger partial charge on any atom is -0.480 e. The second kappa shape index (κ2) is 6.28. The summed E-state index contributed by atoms with van der Waals surface area (Å²) < 4.78 is -1.02. The zero-order valence-corrected chi connectivity index (χ0v) is 15.9. The van der Waals surface area contributed by atoms with Crippen LogP contribution in [0, 0.1) is 0 Å². The van der Waals surface area contributed by atoms with E-state index in [9.17, 15) is 24.6 Å². The van der Waals surface area contributed by atoms with Crippen LogP contribution in [0.1, 0.15) is 25.8 Å². The van der Waals surface area contributed by atoms with Gasteiger partial charge in [-0.05, 0) is 19.4 Å². The van der Waals surface area contributed by atoms with Crippen molar-refractivity contribution in [2.45, 2.75) is 43.0 Å². The number of β-lactam (4-membered cyclic amide) rings is 1. The van der Waals surface area contributed by atoms with Crippen molar-refractivity contribution in [1.82, 2.24) is 9.80 Å². The van der Waals surface area contributed by atoms with E-state index < -0.39 is 38.1 Å². The van der Waals surface area contributed by atoms with Crippen LogP contribution < -0.4 is 0 Å². The Morgan fingerprint density at radius 2 is 1.92 bits per heavy atom. The summed E-state index contributed by atoms with van der Waals surface area (Å²) >= 11 is 0. The number of benzene rings is 1. The number of amides is 2. The van der Waals surface area contributed by atoms with Crippen LogP contribution in [0.5, 0.6) is 0 Å². The molecule has 2 aliphatic rings. The number of carbonyl (C=O) groups excluding carboxylic acids is 2. The first-order valence-corrected chi connectivity index (χ1v) is 10.3. The minimum absolute atomic E-state index is 0.119. The zero-order chi connectivity index (χ0) is 19.3. The van der Waals surface area contributed by atoms with Crippen LogP contribution in [0.2, 0.25) is 0 Å². The number of aliphatic hydroxyl groups is 1. The second-order valence-electron chi connectivity index (χ2n) is 7.33. The van der Waals surface area contributed by atoms with Gasteiger partial charge in [-0.3, -0.25) is 9.59 Å². The summed E-state index contributed by atoms with van der Waals surface area (Å²) in [4.78, 5) is 40.2. The molecule has 0 aliphatic carbocycles. The molecule has 2 N–H and O–H groups in total. The third-order valence-corrected chi connectivity index (χ3v) is 10.4. The fourth-order valence-electron chi connectivity index (χ4n) is 4.20. The van der Waals surface area contributed by atoms with Gasteiger partial charge in [-0.2, -0.15) is 0 Å². The van der Waals surface area contributed by atoms with Crippen LogP contribution in [-0.4, -0.2) is 66.3 Å². The van der Waals surface area contributed by atoms with Gasteiger partial charge in [0.2, 0.25) is 5.91 Å². The molecule has 2 fully saturated rings. The van der Waals surface area contributed by atoms with Crippen LogP contribution in [0.4, 0.5) is 4.79 Å². The lowest BCUT2D eigenvalue weighted by Crippen LogP contribution is -2.57. The highest BCUT2D eigenvalue weighted by Gasteiger charge is 2.71. The first kappa shape index (κ1) is 18.7. The topological polar surface area (TPSA) is 98.2 Å². The van der Waals surface area contributed by atoms with Gasteiger partial charge >= 0.3 is 5.97 Å². The Morgan fingerprint density at radius 3 is 2.38 bits per heavy atom. The lowest BCUT2D eigenvalue weighted by molar-refractivity contribution is -0.157. The fraction of sp³-hybridized carbons (Fsp3) is 0.500. The van der Waals surface area contributed by atoms with Crippen molar-refractivity contribution < 1.29 is 24.6 Å². The van der Waals surface area contributed by atoms with Gasteiger partial charge in [0, 0.05) is 18.3 Å². The first-order chi connectivity index (χ1) is 12.2. The maximum Gasteiger partial charge on any atom is 0.327 e. The molecule has 0 radical (unpaired) electrons. The summed E-state index contributed by atoms with van der Waals surface area (Å²) in [5.41, 5.74) is 0.947. The van der Waals surface area contributed by atoms with Crippen molar-refractivity contribution in [2.75, 3.05) is 13.0 Å². The van der Waals surface area contributed by atoms with Crippen LogP contribution in [-0.2, 0) is 16.1 Å². The lowest BCUT2D eigenvalue weighted by Gasteiger charge is -2.50. The van der Waals surface area contributed by atoms with E-state index in [1.54, 1.807) is 25.8 Å². The summed E-state index contributed by atoms with van der Waals surface area (Å²) in [5, 5.41) is 19.2. The Morgan fingerprint density at radius 1 is 1.31 bits per heavy atom. The van der Waals surface area contributed by atoms with Gasteiger partial charge in [0.05, 0.1) is 17.7 Å². The molecule has 0 aromatic heterocycles. The van der Waals surface area contributed by atoms with Gasteiger partial charge < -0.3 is 20.0 Å². The molecule has 26 heavy (non-hydrogen) atoms. The van der Waals surface area contributed by atoms with Gasteiger partial charge in [-0.15, -0.1) is 10.0 Å². The Kier molecular flexibility index (Phi) is 4.52. The van der Waals surface area contributed by atoms with E-state index in [0.717, 1.165) is 5.56 Å². The largest absolute Gasteiger partial charge is 0.480 e. The predicted molar refractivity (Wildman–Crippen MR) is 98.7 cm³/mol. The number of hydrogen-bond donors (Lipinski definition) is 2. The van der Waals surface area contributed by atoms with E-state index >= 15 is 0 Å². The summed E-state index contributed by atoms with van der Waals surface area (Å²) in [6, 6.07) is 8.38. The average molecular weight is 380 g/mol. The smallest absolute Gasteiger partial charge is 0.327 e. The van der Waals surface area contributed by atoms with E-state index in [2.05, 4.69) is 0 Å². The zero-order valence-electron chi connectivity index (χ0n) is 15.1. The number of aliphatic carboxylic acids is 1. The van der Waals surface area contributed by atoms with Crippen molar-refractivity contribution in [3.63, 3.8) is 0 Å². The highest BCUT2D eigenvalue weighted by Crippen LogP contribution is 2.74. The maximum atomic E-state index is 13.5. The quantitative estimate of drug-likeness (QED) is 0.776. The van der Waals surface area contributed by atoms with E-state index in [-0.39, 0.29) is 17.6 Å². The highest BCUT2D eigenvalue weighted by atomic mass is 32.3. The Balaban J connectivity index is 1.98. The van der Waals surface area contributed by atoms with E-state index in [4.69, 9.17) is 0 Å². The Hall–Kier alpha value is -2.06. The summed E-state index contributed by atoms with van der Waals surface area (Å²) in [6.07, 6.45) is 0.119. The Labute approximate surface area is 153 Å². The van der Waals surface area contributed by atoms with Crippen molar-refractivity contribution in [3.05, 3.63) is 35.9 Å². The molecule has 0 spiro atoms. The molecule has 0 saturated carbocycles. The fourth-order valence-corrected chi connectivity index (χ4v) is 8.48. The van der Waals surface area contributed by atoms with Gasteiger partial charge in [0.15, 0.2) is 0 Å². The molecule has 1 unspecified atom stereocenters. The summed E-state index contributed by atoms with van der Waals surface area (Å²) in [7, 11) is -0.815. The Bertz CT molecular complexity index is 753. The molecule has 3 rings (SSSR count). The van der Waals surface area contributed by atoms with Crippen LogP contribution in [0.3, 0.4) is 0 Å². The monoisotopic (exact) mass is 380 g/mol. The molecule has 1 aromatic rings. The molecule has 8 heteroatoms. The van der Waals surface area contributed by atoms with Gasteiger partial charge in [-0.25, -0.2) is 4.79 Å². The third kappa shape index (κ3) is 2.35. The second-order valence-corrected chi connectivity index (χ2v) is 11.1. The average Bonchev–Trinajstić information content (AvgIpc) is 2.76. The molecule has 2 amide bonds. The van der Waals surface area contributed by atoms with E-state index in [0.29, 0.717) is 6.54 Å². The molecule has 7 nitrogen and oxygen atoms in total. The standard InChI is InChI=1S/C18H24N2O5S/c1-18(2)15(16(23)24)20-13(22)9-14(20)26(18,11-21)17(25)19(3)10-12-7-5-4-6-8-12/h4-8,14-15,21H,9-11H2,1-3H3,(H,23,24)/t14-,15+/m1/s1. The van der Waals surface area contributed by atoms with Crippen molar-refractivity contribution in [3.8, 4) is 0 Å². The van der Waals surface area contributed by atoms with Gasteiger partial charge in [-0.1, -0.05) is 30.3 Å². The molecular weight excluding hydrogens is 356 g/mol. The van der Waals surface area contributed by atoms with Gasteiger partial charge in [0.25, 0.3) is 5.24 Å². The number of rotatable bonds is 4. The number of carboxylic acid groups (broad SMARTS) is 1. The summed E-state index contributed by atoms with van der Waals surface area (Å²) in [5.74, 6) is -1.82. The molecule has 142 valence electrons. The first-order valence-electron chi connectivity index (χ1n) is 8.42. The maximum absolute atomic E-state index is 13.5. The number of carbonyl (C=O) groups is 3. The molecule has 2 aliphatic heterocycles. The number of aliphatic hydroxyl groups excluding tert-OH is 1. The number of carboxylic acids is 1. The van der Waals surface area contributed by atoms with Crippen LogP contribution >= 0.6 is 10.0 Å². The van der Waals surface area contributed by atoms with E-state index in [1.165, 1.54) is 4.90 Å². The lowest BCUT2D eigenvalue weighted by atomic mass is 9.98. The minimum atomic E-state index is -2.48. The molecule has 1 aromatic carbocycles. The van der Waals surface area contributed by atoms with Crippen LogP contribution in [0.15, 0.2) is 30.3 Å². The van der Waals surface area contributed by atoms with Crippen molar-refractivity contribution >= 4 is 27.1 Å².